The maximum absolute atomic E-state index is 13.1. The van der Waals surface area contributed by atoms with Crippen LogP contribution in [0.5, 0.6) is 0 Å². The molecule has 0 aliphatic carbocycles. The fraction of sp³-hybridized carbons (Fsp3) is 0.273. The van der Waals surface area contributed by atoms with E-state index in [1.165, 1.54) is 0 Å². The molecule has 0 spiro atoms. The molecule has 0 aliphatic rings. The Bertz CT molecular complexity index is 550. The van der Waals surface area contributed by atoms with E-state index in [0.717, 1.165) is 24.6 Å². The minimum Gasteiger partial charge on any atom is -0.297 e. The summed E-state index contributed by atoms with van der Waals surface area (Å²) in [5.74, 6) is -1.00. The summed E-state index contributed by atoms with van der Waals surface area (Å²) in [6, 6.07) is 2.88. The Morgan fingerprint density at radius 2 is 2.30 bits per heavy atom. The number of anilines is 1. The summed E-state index contributed by atoms with van der Waals surface area (Å²) in [4.78, 5) is 25.4. The second kappa shape index (κ2) is 7.39. The number of oxime groups is 1. The fourth-order valence-electron chi connectivity index (χ4n) is 1.21. The number of carbonyl (C=O) groups is 1. The molecule has 108 valence electrons. The van der Waals surface area contributed by atoms with Crippen LogP contribution in [0.2, 0.25) is 0 Å². The summed E-state index contributed by atoms with van der Waals surface area (Å²) < 4.78 is 13.1. The first-order chi connectivity index (χ1) is 9.43. The number of halogens is 2. The van der Waals surface area contributed by atoms with E-state index in [1.807, 2.05) is 6.92 Å². The number of amides is 1. The summed E-state index contributed by atoms with van der Waals surface area (Å²) in [5, 5.41) is 16.2. The molecule has 0 aliphatic heterocycles. The molecule has 1 amide bonds. The third-order valence-electron chi connectivity index (χ3n) is 2.07. The zero-order valence-corrected chi connectivity index (χ0v) is 11.2. The van der Waals surface area contributed by atoms with Gasteiger partial charge in [0.2, 0.25) is 5.82 Å². The topological polar surface area (TPSA) is 93.8 Å². The highest BCUT2D eigenvalue weighted by Gasteiger charge is 2.15. The van der Waals surface area contributed by atoms with E-state index in [9.17, 15) is 19.3 Å². The third-order valence-corrected chi connectivity index (χ3v) is 2.33. The van der Waals surface area contributed by atoms with Crippen molar-refractivity contribution in [3.05, 3.63) is 34.1 Å². The van der Waals surface area contributed by atoms with Gasteiger partial charge < -0.3 is 0 Å². The zero-order chi connectivity index (χ0) is 15.1. The average molecular weight is 304 g/mol. The lowest BCUT2D eigenvalue weighted by atomic mass is 10.2. The molecule has 20 heavy (non-hydrogen) atoms. The molecule has 1 aromatic rings. The summed E-state index contributed by atoms with van der Waals surface area (Å²) in [6.45, 7) is 1.87. The van der Waals surface area contributed by atoms with Gasteiger partial charge in [-0.15, -0.1) is 0 Å². The van der Waals surface area contributed by atoms with Crippen molar-refractivity contribution >= 4 is 34.2 Å². The Morgan fingerprint density at radius 3 is 2.90 bits per heavy atom. The Morgan fingerprint density at radius 1 is 1.60 bits per heavy atom. The number of hydrogen-bond acceptors (Lipinski definition) is 5. The summed E-state index contributed by atoms with van der Waals surface area (Å²) in [7, 11) is 0. The van der Waals surface area contributed by atoms with Crippen molar-refractivity contribution in [2.45, 2.75) is 19.8 Å². The smallest absolute Gasteiger partial charge is 0.297 e. The number of hydrogen-bond donors (Lipinski definition) is 1. The fourth-order valence-corrected chi connectivity index (χ4v) is 1.44. The zero-order valence-electron chi connectivity index (χ0n) is 10.4. The van der Waals surface area contributed by atoms with Gasteiger partial charge in [-0.25, -0.2) is 4.79 Å². The van der Waals surface area contributed by atoms with Gasteiger partial charge in [0.05, 0.1) is 10.6 Å². The van der Waals surface area contributed by atoms with Crippen molar-refractivity contribution in [1.29, 1.82) is 0 Å². The van der Waals surface area contributed by atoms with Crippen molar-refractivity contribution in [1.82, 2.24) is 0 Å². The van der Waals surface area contributed by atoms with Crippen LogP contribution in [0.25, 0.3) is 0 Å². The SMILES string of the molecule is CCCC(Cl)=NOC(=O)Nc1ccc(F)c([N+](=O)[O-])c1. The monoisotopic (exact) mass is 303 g/mol. The number of benzene rings is 1. The Kier molecular flexibility index (Phi) is 5.85. The highest BCUT2D eigenvalue weighted by molar-refractivity contribution is 6.65. The van der Waals surface area contributed by atoms with E-state index >= 15 is 0 Å². The van der Waals surface area contributed by atoms with Crippen LogP contribution in [0.3, 0.4) is 0 Å². The number of nitro groups is 1. The van der Waals surface area contributed by atoms with Crippen LogP contribution in [-0.2, 0) is 4.84 Å². The van der Waals surface area contributed by atoms with Gasteiger partial charge in [0.15, 0.2) is 0 Å². The lowest BCUT2D eigenvalue weighted by Crippen LogP contribution is -2.11. The lowest BCUT2D eigenvalue weighted by Gasteiger charge is -2.03. The number of rotatable bonds is 5. The average Bonchev–Trinajstić information content (AvgIpc) is 2.39. The molecule has 0 saturated heterocycles. The van der Waals surface area contributed by atoms with E-state index in [-0.39, 0.29) is 10.9 Å². The predicted molar refractivity (Wildman–Crippen MR) is 71.4 cm³/mol. The quantitative estimate of drug-likeness (QED) is 0.389. The second-order valence-corrected chi connectivity index (χ2v) is 4.08. The first-order valence-corrected chi connectivity index (χ1v) is 5.96. The molecule has 1 aromatic carbocycles. The van der Waals surface area contributed by atoms with Gasteiger partial charge >= 0.3 is 11.8 Å². The van der Waals surface area contributed by atoms with Crippen molar-refractivity contribution < 1.29 is 18.9 Å². The molecular weight excluding hydrogens is 293 g/mol. The minimum absolute atomic E-state index is 0.00455. The molecule has 1 rings (SSSR count). The predicted octanol–water partition coefficient (Wildman–Crippen LogP) is 3.63. The third kappa shape index (κ3) is 4.81. The molecule has 0 heterocycles. The lowest BCUT2D eigenvalue weighted by molar-refractivity contribution is -0.387. The van der Waals surface area contributed by atoms with Crippen LogP contribution in [0.15, 0.2) is 23.4 Å². The Balaban J connectivity index is 2.69. The molecule has 0 saturated carbocycles. The van der Waals surface area contributed by atoms with Crippen molar-refractivity contribution in [2.75, 3.05) is 5.32 Å². The first kappa shape index (κ1) is 15.8. The molecule has 0 unspecified atom stereocenters. The van der Waals surface area contributed by atoms with E-state index in [0.29, 0.717) is 6.42 Å². The molecule has 0 radical (unpaired) electrons. The Labute approximate surface area is 118 Å². The van der Waals surface area contributed by atoms with Gasteiger partial charge in [-0.05, 0) is 18.6 Å². The van der Waals surface area contributed by atoms with Gasteiger partial charge in [-0.2, -0.15) is 4.39 Å². The van der Waals surface area contributed by atoms with Gasteiger partial charge in [0, 0.05) is 12.5 Å². The molecule has 0 atom stereocenters. The van der Waals surface area contributed by atoms with E-state index < -0.39 is 22.5 Å². The van der Waals surface area contributed by atoms with E-state index in [2.05, 4.69) is 15.3 Å². The maximum Gasteiger partial charge on any atom is 0.437 e. The highest BCUT2D eigenvalue weighted by atomic mass is 35.5. The number of nitrogens with zero attached hydrogens (tertiary/aromatic N) is 2. The molecule has 0 fully saturated rings. The molecular formula is C11H11ClFN3O4. The van der Waals surface area contributed by atoms with Crippen LogP contribution in [0.1, 0.15) is 19.8 Å². The summed E-state index contributed by atoms with van der Waals surface area (Å²) in [6.07, 6.45) is 0.203. The van der Waals surface area contributed by atoms with Gasteiger partial charge in [-0.1, -0.05) is 23.7 Å². The second-order valence-electron chi connectivity index (χ2n) is 3.64. The summed E-state index contributed by atoms with van der Waals surface area (Å²) >= 11 is 5.62. The van der Waals surface area contributed by atoms with Crippen molar-refractivity contribution in [3.8, 4) is 0 Å². The minimum atomic E-state index is -1.00. The number of nitrogens with one attached hydrogen (secondary N) is 1. The van der Waals surface area contributed by atoms with Crippen LogP contribution < -0.4 is 5.32 Å². The van der Waals surface area contributed by atoms with Crippen molar-refractivity contribution in [3.63, 3.8) is 0 Å². The van der Waals surface area contributed by atoms with Gasteiger partial charge in [0.25, 0.3) is 0 Å². The standard InChI is InChI=1S/C11H11ClFN3O4/c1-2-3-10(12)15-20-11(17)14-7-4-5-8(13)9(6-7)16(18)19/h4-6H,2-3H2,1H3,(H,14,17). The van der Waals surface area contributed by atoms with E-state index in [1.54, 1.807) is 0 Å². The van der Waals surface area contributed by atoms with Crippen LogP contribution in [0, 0.1) is 15.9 Å². The van der Waals surface area contributed by atoms with Gasteiger partial charge in [0.1, 0.15) is 5.17 Å². The van der Waals surface area contributed by atoms with Crippen LogP contribution in [-0.4, -0.2) is 16.2 Å². The maximum atomic E-state index is 13.1. The van der Waals surface area contributed by atoms with Crippen LogP contribution in [0.4, 0.5) is 20.6 Å². The van der Waals surface area contributed by atoms with Gasteiger partial charge in [-0.3, -0.25) is 20.3 Å². The Hall–Kier alpha value is -2.22. The van der Waals surface area contributed by atoms with E-state index in [4.69, 9.17) is 11.6 Å². The number of nitro benzene ring substituents is 1. The first-order valence-electron chi connectivity index (χ1n) is 5.58. The largest absolute Gasteiger partial charge is 0.437 e. The van der Waals surface area contributed by atoms with Crippen molar-refractivity contribution in [2.24, 2.45) is 5.16 Å². The normalized spacial score (nSPS) is 11.1. The molecule has 0 aromatic heterocycles. The molecule has 7 nitrogen and oxygen atoms in total. The molecule has 1 N–H and O–H groups in total. The number of carbonyl (C=O) groups excluding carboxylic acids is 1. The molecule has 0 bridgehead atoms. The van der Waals surface area contributed by atoms with Crippen LogP contribution >= 0.6 is 11.6 Å². The molecule has 9 heteroatoms. The summed E-state index contributed by atoms with van der Waals surface area (Å²) in [5.41, 5.74) is -0.750. The highest BCUT2D eigenvalue weighted by Crippen LogP contribution is 2.21.